The maximum atomic E-state index is 11.8. The molecule has 0 bridgehead atoms. The zero-order chi connectivity index (χ0) is 12.8. The molecule has 1 rings (SSSR count). The lowest BCUT2D eigenvalue weighted by Crippen LogP contribution is -2.31. The van der Waals surface area contributed by atoms with E-state index in [2.05, 4.69) is 10.6 Å². The highest BCUT2D eigenvalue weighted by molar-refractivity contribution is 5.99. The fraction of sp³-hybridized carbons (Fsp3) is 0.364. The van der Waals surface area contributed by atoms with Gasteiger partial charge in [-0.1, -0.05) is 12.1 Å². The summed E-state index contributed by atoms with van der Waals surface area (Å²) in [6, 6.07) is 4.58. The highest BCUT2D eigenvalue weighted by Crippen LogP contribution is 2.21. The predicted molar refractivity (Wildman–Crippen MR) is 64.1 cm³/mol. The molecule has 0 spiro atoms. The number of carbonyl (C=O) groups is 1. The van der Waals surface area contributed by atoms with Gasteiger partial charge in [-0.05, 0) is 19.5 Å². The van der Waals surface area contributed by atoms with Gasteiger partial charge in [0.25, 0.3) is 11.6 Å². The molecule has 0 saturated heterocycles. The van der Waals surface area contributed by atoms with Crippen LogP contribution in [0.1, 0.15) is 15.9 Å². The third-order valence-electron chi connectivity index (χ3n) is 2.34. The van der Waals surface area contributed by atoms with Gasteiger partial charge in [0.05, 0.1) is 4.92 Å². The van der Waals surface area contributed by atoms with Crippen molar-refractivity contribution < 1.29 is 9.72 Å². The minimum absolute atomic E-state index is 0.133. The standard InChI is InChI=1S/C11H15N3O3/c1-8-4-3-5-9(14(16)17)10(8)11(15)13-7-6-12-2/h3-5,12H,6-7H2,1-2H3,(H,13,15). The fourth-order valence-electron chi connectivity index (χ4n) is 1.49. The van der Waals surface area contributed by atoms with Gasteiger partial charge in [0, 0.05) is 19.2 Å². The number of carbonyl (C=O) groups excluding carboxylic acids is 1. The second-order valence-corrected chi connectivity index (χ2v) is 3.59. The Morgan fingerprint density at radius 3 is 2.71 bits per heavy atom. The number of hydrogen-bond donors (Lipinski definition) is 2. The number of nitro groups is 1. The van der Waals surface area contributed by atoms with Crippen LogP contribution in [0, 0.1) is 17.0 Å². The number of nitrogens with zero attached hydrogens (tertiary/aromatic N) is 1. The Hall–Kier alpha value is -1.95. The van der Waals surface area contributed by atoms with Crippen LogP contribution in [0.4, 0.5) is 5.69 Å². The van der Waals surface area contributed by atoms with Crippen molar-refractivity contribution in [1.82, 2.24) is 10.6 Å². The summed E-state index contributed by atoms with van der Waals surface area (Å²) < 4.78 is 0. The minimum Gasteiger partial charge on any atom is -0.351 e. The van der Waals surface area contributed by atoms with E-state index in [4.69, 9.17) is 0 Å². The normalized spacial score (nSPS) is 10.0. The van der Waals surface area contributed by atoms with Crippen LogP contribution in [0.3, 0.4) is 0 Å². The SMILES string of the molecule is CNCCNC(=O)c1c(C)cccc1[N+](=O)[O-]. The van der Waals surface area contributed by atoms with E-state index < -0.39 is 10.8 Å². The molecule has 0 aliphatic heterocycles. The van der Waals surface area contributed by atoms with Crippen LogP contribution < -0.4 is 10.6 Å². The van der Waals surface area contributed by atoms with Crippen molar-refractivity contribution in [3.05, 3.63) is 39.4 Å². The van der Waals surface area contributed by atoms with E-state index in [9.17, 15) is 14.9 Å². The van der Waals surface area contributed by atoms with Gasteiger partial charge in [-0.3, -0.25) is 14.9 Å². The average Bonchev–Trinajstić information content (AvgIpc) is 2.28. The molecule has 2 N–H and O–H groups in total. The summed E-state index contributed by atoms with van der Waals surface area (Å²) >= 11 is 0. The molecule has 0 fully saturated rings. The molecule has 0 aliphatic rings. The molecule has 0 saturated carbocycles. The first-order valence-electron chi connectivity index (χ1n) is 5.24. The Bertz CT molecular complexity index is 432. The fourth-order valence-corrected chi connectivity index (χ4v) is 1.49. The zero-order valence-corrected chi connectivity index (χ0v) is 9.82. The quantitative estimate of drug-likeness (QED) is 0.452. The maximum Gasteiger partial charge on any atom is 0.282 e. The predicted octanol–water partition coefficient (Wildman–Crippen LogP) is 0.852. The Labute approximate surface area is 99.2 Å². The molecule has 17 heavy (non-hydrogen) atoms. The van der Waals surface area contributed by atoms with Gasteiger partial charge in [0.15, 0.2) is 0 Å². The number of nitro benzene ring substituents is 1. The van der Waals surface area contributed by atoms with E-state index >= 15 is 0 Å². The molecule has 1 amide bonds. The lowest BCUT2D eigenvalue weighted by Gasteiger charge is -2.07. The second-order valence-electron chi connectivity index (χ2n) is 3.59. The molecule has 0 aliphatic carbocycles. The molecule has 0 heterocycles. The van der Waals surface area contributed by atoms with Crippen LogP contribution in [-0.4, -0.2) is 31.0 Å². The van der Waals surface area contributed by atoms with Crippen molar-refractivity contribution in [2.45, 2.75) is 6.92 Å². The largest absolute Gasteiger partial charge is 0.351 e. The summed E-state index contributed by atoms with van der Waals surface area (Å²) in [5.41, 5.74) is 0.571. The molecule has 1 aromatic rings. The van der Waals surface area contributed by atoms with Gasteiger partial charge < -0.3 is 10.6 Å². The minimum atomic E-state index is -0.542. The summed E-state index contributed by atoms with van der Waals surface area (Å²) in [5.74, 6) is -0.412. The van der Waals surface area contributed by atoms with Gasteiger partial charge in [0.2, 0.25) is 0 Å². The van der Waals surface area contributed by atoms with Gasteiger partial charge in [-0.15, -0.1) is 0 Å². The lowest BCUT2D eigenvalue weighted by atomic mass is 10.1. The summed E-state index contributed by atoms with van der Waals surface area (Å²) in [6.45, 7) is 2.73. The first kappa shape index (κ1) is 13.1. The topological polar surface area (TPSA) is 84.3 Å². The van der Waals surface area contributed by atoms with E-state index in [1.54, 1.807) is 26.1 Å². The molecule has 0 aromatic heterocycles. The van der Waals surface area contributed by atoms with E-state index in [1.165, 1.54) is 6.07 Å². The monoisotopic (exact) mass is 237 g/mol. The first-order valence-corrected chi connectivity index (χ1v) is 5.24. The Balaban J connectivity index is 2.95. The van der Waals surface area contributed by atoms with Crippen LogP contribution in [0.5, 0.6) is 0 Å². The zero-order valence-electron chi connectivity index (χ0n) is 9.82. The van der Waals surface area contributed by atoms with E-state index in [0.717, 1.165) is 0 Å². The van der Waals surface area contributed by atoms with Gasteiger partial charge in [-0.25, -0.2) is 0 Å². The van der Waals surface area contributed by atoms with Crippen molar-refractivity contribution in [2.24, 2.45) is 0 Å². The molecular weight excluding hydrogens is 222 g/mol. The number of amides is 1. The molecular formula is C11H15N3O3. The highest BCUT2D eigenvalue weighted by Gasteiger charge is 2.21. The number of rotatable bonds is 5. The van der Waals surface area contributed by atoms with Crippen LogP contribution in [0.25, 0.3) is 0 Å². The van der Waals surface area contributed by atoms with Crippen LogP contribution in [0.2, 0.25) is 0 Å². The van der Waals surface area contributed by atoms with E-state index in [-0.39, 0.29) is 11.3 Å². The molecule has 6 nitrogen and oxygen atoms in total. The first-order chi connectivity index (χ1) is 8.07. The van der Waals surface area contributed by atoms with Crippen LogP contribution >= 0.6 is 0 Å². The number of benzene rings is 1. The summed E-state index contributed by atoms with van der Waals surface area (Å²) in [5, 5.41) is 16.3. The van der Waals surface area contributed by atoms with Crippen molar-refractivity contribution in [1.29, 1.82) is 0 Å². The number of nitrogens with one attached hydrogen (secondary N) is 2. The van der Waals surface area contributed by atoms with Gasteiger partial charge in [-0.2, -0.15) is 0 Å². The summed E-state index contributed by atoms with van der Waals surface area (Å²) in [6.07, 6.45) is 0. The summed E-state index contributed by atoms with van der Waals surface area (Å²) in [4.78, 5) is 22.1. The third kappa shape index (κ3) is 3.25. The molecule has 0 radical (unpaired) electrons. The third-order valence-corrected chi connectivity index (χ3v) is 2.34. The number of likely N-dealkylation sites (N-methyl/N-ethyl adjacent to an activating group) is 1. The van der Waals surface area contributed by atoms with Gasteiger partial charge in [0.1, 0.15) is 5.56 Å². The lowest BCUT2D eigenvalue weighted by molar-refractivity contribution is -0.385. The summed E-state index contributed by atoms with van der Waals surface area (Å²) in [7, 11) is 1.77. The Kier molecular flexibility index (Phi) is 4.59. The van der Waals surface area contributed by atoms with Crippen molar-refractivity contribution in [2.75, 3.05) is 20.1 Å². The van der Waals surface area contributed by atoms with E-state index in [1.807, 2.05) is 0 Å². The number of hydrogen-bond acceptors (Lipinski definition) is 4. The van der Waals surface area contributed by atoms with Gasteiger partial charge >= 0.3 is 0 Å². The molecule has 0 unspecified atom stereocenters. The number of aryl methyl sites for hydroxylation is 1. The van der Waals surface area contributed by atoms with Crippen LogP contribution in [0.15, 0.2) is 18.2 Å². The van der Waals surface area contributed by atoms with Crippen molar-refractivity contribution in [3.63, 3.8) is 0 Å². The molecule has 92 valence electrons. The second kappa shape index (κ2) is 5.95. The molecule has 1 aromatic carbocycles. The average molecular weight is 237 g/mol. The van der Waals surface area contributed by atoms with E-state index in [0.29, 0.717) is 18.7 Å². The smallest absolute Gasteiger partial charge is 0.282 e. The highest BCUT2D eigenvalue weighted by atomic mass is 16.6. The Morgan fingerprint density at radius 2 is 2.12 bits per heavy atom. The van der Waals surface area contributed by atoms with Crippen LogP contribution in [-0.2, 0) is 0 Å². The maximum absolute atomic E-state index is 11.8. The Morgan fingerprint density at radius 1 is 1.41 bits per heavy atom. The van der Waals surface area contributed by atoms with Crippen molar-refractivity contribution >= 4 is 11.6 Å². The molecule has 6 heteroatoms. The van der Waals surface area contributed by atoms with Crippen molar-refractivity contribution in [3.8, 4) is 0 Å². The molecule has 0 atom stereocenters.